The lowest BCUT2D eigenvalue weighted by Crippen LogP contribution is -2.59. The first kappa shape index (κ1) is 19.6. The van der Waals surface area contributed by atoms with E-state index in [9.17, 15) is 4.79 Å². The summed E-state index contributed by atoms with van der Waals surface area (Å²) in [6, 6.07) is 17.0. The number of para-hydroxylation sites is 1. The fourth-order valence-corrected chi connectivity index (χ4v) is 4.20. The maximum Gasteiger partial charge on any atom is 0.325 e. The minimum atomic E-state index is -0.613. The van der Waals surface area contributed by atoms with E-state index in [4.69, 9.17) is 9.73 Å². The van der Waals surface area contributed by atoms with Gasteiger partial charge in [-0.25, -0.2) is 4.99 Å². The maximum atomic E-state index is 12.4. The molecule has 4 rings (SSSR count). The van der Waals surface area contributed by atoms with Gasteiger partial charge in [0.15, 0.2) is 0 Å². The van der Waals surface area contributed by atoms with Crippen molar-refractivity contribution in [1.29, 1.82) is 0 Å². The molecule has 2 heterocycles. The van der Waals surface area contributed by atoms with Crippen LogP contribution in [0.25, 0.3) is 0 Å². The lowest BCUT2D eigenvalue weighted by atomic mass is 9.98. The minimum Gasteiger partial charge on any atom is -0.465 e. The van der Waals surface area contributed by atoms with Gasteiger partial charge < -0.3 is 9.64 Å². The van der Waals surface area contributed by atoms with Gasteiger partial charge in [0.05, 0.1) is 12.3 Å². The minimum absolute atomic E-state index is 0.153. The van der Waals surface area contributed by atoms with Gasteiger partial charge in [-0.3, -0.25) is 9.69 Å². The Morgan fingerprint density at radius 3 is 2.38 bits per heavy atom. The van der Waals surface area contributed by atoms with Gasteiger partial charge in [-0.15, -0.1) is 0 Å². The summed E-state index contributed by atoms with van der Waals surface area (Å²) >= 11 is 0. The number of ether oxygens (including phenoxy) is 1. The second-order valence-electron chi connectivity index (χ2n) is 8.15. The second-order valence-corrected chi connectivity index (χ2v) is 8.15. The summed E-state index contributed by atoms with van der Waals surface area (Å²) in [5.74, 6) is 0.888. The first-order valence-corrected chi connectivity index (χ1v) is 10.4. The van der Waals surface area contributed by atoms with Crippen molar-refractivity contribution in [3.8, 4) is 0 Å². The van der Waals surface area contributed by atoms with E-state index in [0.717, 1.165) is 44.1 Å². The number of benzene rings is 2. The first-order valence-electron chi connectivity index (χ1n) is 10.4. The zero-order valence-electron chi connectivity index (χ0n) is 17.5. The summed E-state index contributed by atoms with van der Waals surface area (Å²) in [5, 5.41) is 0. The molecule has 0 aliphatic carbocycles. The molecule has 5 heteroatoms. The summed E-state index contributed by atoms with van der Waals surface area (Å²) in [6.07, 6.45) is 0.898. The van der Waals surface area contributed by atoms with E-state index in [0.29, 0.717) is 6.61 Å². The van der Waals surface area contributed by atoms with E-state index in [1.807, 2.05) is 20.8 Å². The smallest absolute Gasteiger partial charge is 0.325 e. The summed E-state index contributed by atoms with van der Waals surface area (Å²) in [7, 11) is 0. The Morgan fingerprint density at radius 1 is 1.00 bits per heavy atom. The normalized spacial score (nSPS) is 17.1. The van der Waals surface area contributed by atoms with Crippen molar-refractivity contribution in [3.05, 3.63) is 65.2 Å². The van der Waals surface area contributed by atoms with Gasteiger partial charge in [0, 0.05) is 38.2 Å². The number of amidine groups is 1. The molecule has 2 aliphatic rings. The van der Waals surface area contributed by atoms with Crippen molar-refractivity contribution in [2.24, 2.45) is 4.99 Å². The number of aliphatic imine (C=N–C) groups is 1. The summed E-state index contributed by atoms with van der Waals surface area (Å²) < 4.78 is 5.29. The zero-order chi connectivity index (χ0) is 20.4. The molecule has 0 spiro atoms. The van der Waals surface area contributed by atoms with Crippen LogP contribution in [-0.2, 0) is 16.0 Å². The number of carbonyl (C=O) groups is 1. The molecule has 0 aromatic heterocycles. The zero-order valence-corrected chi connectivity index (χ0v) is 17.5. The van der Waals surface area contributed by atoms with Crippen LogP contribution in [0.1, 0.15) is 37.5 Å². The fraction of sp³-hybridized carbons (Fsp3) is 0.417. The third kappa shape index (κ3) is 3.79. The van der Waals surface area contributed by atoms with E-state index in [1.165, 1.54) is 16.7 Å². The Labute approximate surface area is 173 Å². The molecule has 2 aromatic rings. The lowest BCUT2D eigenvalue weighted by Gasteiger charge is -2.43. The molecule has 0 saturated carbocycles. The van der Waals surface area contributed by atoms with Crippen LogP contribution in [-0.4, -0.2) is 59.9 Å². The van der Waals surface area contributed by atoms with Gasteiger partial charge in [0.1, 0.15) is 11.4 Å². The van der Waals surface area contributed by atoms with Crippen LogP contribution in [0.15, 0.2) is 53.5 Å². The highest BCUT2D eigenvalue weighted by molar-refractivity contribution is 6.02. The Morgan fingerprint density at radius 2 is 1.66 bits per heavy atom. The molecule has 0 unspecified atom stereocenters. The van der Waals surface area contributed by atoms with E-state index in [1.54, 1.807) is 0 Å². The first-order chi connectivity index (χ1) is 14.0. The molecule has 0 N–H and O–H groups in total. The number of carbonyl (C=O) groups excluding carboxylic acids is 1. The predicted octanol–water partition coefficient (Wildman–Crippen LogP) is 3.63. The van der Waals surface area contributed by atoms with Crippen LogP contribution < -0.4 is 0 Å². The molecule has 1 saturated heterocycles. The highest BCUT2D eigenvalue weighted by Gasteiger charge is 2.38. The van der Waals surface area contributed by atoms with Gasteiger partial charge in [0.25, 0.3) is 0 Å². The molecule has 29 heavy (non-hydrogen) atoms. The van der Waals surface area contributed by atoms with Crippen molar-refractivity contribution in [2.75, 3.05) is 32.8 Å². The van der Waals surface area contributed by atoms with Crippen molar-refractivity contribution >= 4 is 17.5 Å². The SMILES string of the molecule is CCOC(=O)C(C)(C)N1CCN(C2=Nc3ccccc3Cc3ccccc32)CC1. The molecule has 0 atom stereocenters. The van der Waals surface area contributed by atoms with Crippen LogP contribution in [0.4, 0.5) is 5.69 Å². The summed E-state index contributed by atoms with van der Waals surface area (Å²) in [5.41, 5.74) is 4.22. The largest absolute Gasteiger partial charge is 0.465 e. The van der Waals surface area contributed by atoms with Crippen molar-refractivity contribution in [2.45, 2.75) is 32.7 Å². The standard InChI is InChI=1S/C24H29N3O2/c1-4-29-23(28)24(2,3)27-15-13-26(14-16-27)22-20-11-7-5-9-18(20)17-19-10-6-8-12-21(19)25-22/h5-12H,4,13-17H2,1-3H3. The fourth-order valence-electron chi connectivity index (χ4n) is 4.20. The van der Waals surface area contributed by atoms with Gasteiger partial charge in [-0.05, 0) is 38.0 Å². The van der Waals surface area contributed by atoms with Crippen LogP contribution >= 0.6 is 0 Å². The second kappa shape index (κ2) is 7.99. The van der Waals surface area contributed by atoms with Crippen LogP contribution in [0.2, 0.25) is 0 Å². The number of rotatable bonds is 3. The number of esters is 1. The van der Waals surface area contributed by atoms with E-state index in [-0.39, 0.29) is 5.97 Å². The van der Waals surface area contributed by atoms with E-state index < -0.39 is 5.54 Å². The van der Waals surface area contributed by atoms with Gasteiger partial charge >= 0.3 is 5.97 Å². The Balaban J connectivity index is 1.59. The van der Waals surface area contributed by atoms with E-state index in [2.05, 4.69) is 58.3 Å². The average Bonchev–Trinajstić information content (AvgIpc) is 2.90. The van der Waals surface area contributed by atoms with Crippen molar-refractivity contribution in [1.82, 2.24) is 9.80 Å². The van der Waals surface area contributed by atoms with Gasteiger partial charge in [0.2, 0.25) is 0 Å². The average molecular weight is 392 g/mol. The third-order valence-electron chi connectivity index (χ3n) is 6.00. The summed E-state index contributed by atoms with van der Waals surface area (Å²) in [4.78, 5) is 22.1. The van der Waals surface area contributed by atoms with Gasteiger partial charge in [-0.2, -0.15) is 0 Å². The molecule has 0 amide bonds. The van der Waals surface area contributed by atoms with Crippen LogP contribution in [0.5, 0.6) is 0 Å². The highest BCUT2D eigenvalue weighted by atomic mass is 16.5. The predicted molar refractivity (Wildman–Crippen MR) is 116 cm³/mol. The molecule has 152 valence electrons. The molecule has 2 aliphatic heterocycles. The van der Waals surface area contributed by atoms with Crippen molar-refractivity contribution < 1.29 is 9.53 Å². The molecule has 2 aromatic carbocycles. The maximum absolute atomic E-state index is 12.4. The van der Waals surface area contributed by atoms with Crippen LogP contribution in [0, 0.1) is 0 Å². The Hall–Kier alpha value is -2.66. The highest BCUT2D eigenvalue weighted by Crippen LogP contribution is 2.30. The van der Waals surface area contributed by atoms with Gasteiger partial charge in [-0.1, -0.05) is 42.5 Å². The number of hydrogen-bond donors (Lipinski definition) is 0. The number of fused-ring (bicyclic) bond motifs is 2. The monoisotopic (exact) mass is 391 g/mol. The topological polar surface area (TPSA) is 45.1 Å². The molecule has 0 bridgehead atoms. The number of nitrogens with zero attached hydrogens (tertiary/aromatic N) is 3. The molecule has 5 nitrogen and oxygen atoms in total. The molecular weight excluding hydrogens is 362 g/mol. The Bertz CT molecular complexity index is 927. The number of hydrogen-bond acceptors (Lipinski definition) is 5. The van der Waals surface area contributed by atoms with E-state index >= 15 is 0 Å². The Kier molecular flexibility index (Phi) is 5.41. The van der Waals surface area contributed by atoms with Crippen LogP contribution in [0.3, 0.4) is 0 Å². The lowest BCUT2D eigenvalue weighted by molar-refractivity contribution is -0.156. The third-order valence-corrected chi connectivity index (χ3v) is 6.00. The summed E-state index contributed by atoms with van der Waals surface area (Å²) in [6.45, 7) is 9.44. The molecule has 1 fully saturated rings. The molecular formula is C24H29N3O2. The number of piperazine rings is 1. The quantitative estimate of drug-likeness (QED) is 0.750. The van der Waals surface area contributed by atoms with Crippen molar-refractivity contribution in [3.63, 3.8) is 0 Å². The molecule has 0 radical (unpaired) electrons.